The predicted molar refractivity (Wildman–Crippen MR) is 119 cm³/mol. The van der Waals surface area contributed by atoms with Crippen molar-refractivity contribution in [1.82, 2.24) is 5.32 Å². The van der Waals surface area contributed by atoms with Gasteiger partial charge in [0.15, 0.2) is 0 Å². The molecule has 158 valence electrons. The van der Waals surface area contributed by atoms with Gasteiger partial charge in [0.2, 0.25) is 15.9 Å². The van der Waals surface area contributed by atoms with E-state index in [1.807, 2.05) is 0 Å². The van der Waals surface area contributed by atoms with Gasteiger partial charge in [-0.05, 0) is 36.8 Å². The Bertz CT molecular complexity index is 967. The van der Waals surface area contributed by atoms with Crippen molar-refractivity contribution >= 4 is 56.6 Å². The summed E-state index contributed by atoms with van der Waals surface area (Å²) < 4.78 is 38.9. The normalized spacial score (nSPS) is 11.3. The number of thioether (sulfide) groups is 1. The van der Waals surface area contributed by atoms with Gasteiger partial charge >= 0.3 is 0 Å². The molecule has 0 aliphatic rings. The zero-order chi connectivity index (χ0) is 21.6. The minimum Gasteiger partial charge on any atom is -0.354 e. The molecule has 2 rings (SSSR count). The lowest BCUT2D eigenvalue weighted by atomic mass is 10.2. The molecule has 0 unspecified atom stereocenters. The van der Waals surface area contributed by atoms with Crippen LogP contribution in [0.15, 0.2) is 36.4 Å². The third kappa shape index (κ3) is 7.06. The Labute approximate surface area is 184 Å². The van der Waals surface area contributed by atoms with Crippen LogP contribution >= 0.6 is 35.0 Å². The molecule has 1 N–H and O–H groups in total. The maximum Gasteiger partial charge on any atom is 0.240 e. The SMILES string of the molecule is Cc1ccc(N(CC(=O)NCCSCc2c(F)cccc2Cl)S(C)(=O)=O)cc1Cl. The summed E-state index contributed by atoms with van der Waals surface area (Å²) in [5, 5.41) is 3.45. The van der Waals surface area contributed by atoms with Gasteiger partial charge in [0, 0.05) is 33.7 Å². The van der Waals surface area contributed by atoms with Crippen molar-refractivity contribution in [2.24, 2.45) is 0 Å². The molecule has 10 heteroatoms. The van der Waals surface area contributed by atoms with E-state index in [-0.39, 0.29) is 12.4 Å². The average Bonchev–Trinajstić information content (AvgIpc) is 2.63. The molecule has 0 aliphatic carbocycles. The highest BCUT2D eigenvalue weighted by molar-refractivity contribution is 7.98. The van der Waals surface area contributed by atoms with Crippen LogP contribution in [0.25, 0.3) is 0 Å². The fraction of sp³-hybridized carbons (Fsp3) is 0.316. The summed E-state index contributed by atoms with van der Waals surface area (Å²) in [6, 6.07) is 9.32. The Balaban J connectivity index is 1.88. The molecule has 0 saturated heterocycles. The average molecular weight is 479 g/mol. The maximum absolute atomic E-state index is 13.7. The number of anilines is 1. The summed E-state index contributed by atoms with van der Waals surface area (Å²) >= 11 is 13.5. The van der Waals surface area contributed by atoms with Gasteiger partial charge in [-0.3, -0.25) is 9.10 Å². The van der Waals surface area contributed by atoms with Crippen LogP contribution < -0.4 is 9.62 Å². The molecule has 2 aromatic carbocycles. The van der Waals surface area contributed by atoms with Crippen LogP contribution in [0.1, 0.15) is 11.1 Å². The van der Waals surface area contributed by atoms with E-state index in [2.05, 4.69) is 5.32 Å². The number of amides is 1. The Kier molecular flexibility index (Phi) is 8.63. The summed E-state index contributed by atoms with van der Waals surface area (Å²) in [7, 11) is -3.67. The summed E-state index contributed by atoms with van der Waals surface area (Å²) in [6.45, 7) is 1.75. The van der Waals surface area contributed by atoms with E-state index in [0.717, 1.165) is 16.1 Å². The Hall–Kier alpha value is -1.48. The fourth-order valence-corrected chi connectivity index (χ4v) is 4.65. The van der Waals surface area contributed by atoms with Crippen LogP contribution in [-0.2, 0) is 20.6 Å². The van der Waals surface area contributed by atoms with Crippen molar-refractivity contribution in [3.05, 3.63) is 63.4 Å². The summed E-state index contributed by atoms with van der Waals surface area (Å²) in [5.74, 6) is 0.0795. The van der Waals surface area contributed by atoms with Crippen molar-refractivity contribution in [2.45, 2.75) is 12.7 Å². The Morgan fingerprint density at radius 1 is 1.21 bits per heavy atom. The van der Waals surface area contributed by atoms with E-state index < -0.39 is 15.9 Å². The number of rotatable bonds is 9. The molecule has 0 fully saturated rings. The molecule has 0 heterocycles. The Morgan fingerprint density at radius 2 is 1.93 bits per heavy atom. The standard InChI is InChI=1S/C19H21Cl2FN2O3S2/c1-13-6-7-14(10-17(13)21)24(29(2,26)27)11-19(25)23-8-9-28-12-15-16(20)4-3-5-18(15)22/h3-7,10H,8-9,11-12H2,1-2H3,(H,23,25). The number of nitrogens with one attached hydrogen (secondary N) is 1. The van der Waals surface area contributed by atoms with Crippen molar-refractivity contribution in [2.75, 3.05) is 29.4 Å². The van der Waals surface area contributed by atoms with Crippen LogP contribution in [0, 0.1) is 12.7 Å². The number of halogens is 3. The van der Waals surface area contributed by atoms with E-state index in [1.54, 1.807) is 31.2 Å². The van der Waals surface area contributed by atoms with Gasteiger partial charge < -0.3 is 5.32 Å². The summed E-state index contributed by atoms with van der Waals surface area (Å²) in [4.78, 5) is 12.2. The number of hydrogen-bond acceptors (Lipinski definition) is 4. The number of aryl methyl sites for hydroxylation is 1. The van der Waals surface area contributed by atoms with E-state index in [4.69, 9.17) is 23.2 Å². The molecule has 5 nitrogen and oxygen atoms in total. The van der Waals surface area contributed by atoms with Crippen molar-refractivity contribution in [1.29, 1.82) is 0 Å². The third-order valence-electron chi connectivity index (χ3n) is 4.01. The molecular weight excluding hydrogens is 458 g/mol. The van der Waals surface area contributed by atoms with Crippen LogP contribution in [0.4, 0.5) is 10.1 Å². The molecule has 0 bridgehead atoms. The topological polar surface area (TPSA) is 66.5 Å². The van der Waals surface area contributed by atoms with Gasteiger partial charge in [-0.2, -0.15) is 11.8 Å². The van der Waals surface area contributed by atoms with Gasteiger partial charge in [-0.1, -0.05) is 35.3 Å². The lowest BCUT2D eigenvalue weighted by Crippen LogP contribution is -2.41. The first-order chi connectivity index (χ1) is 13.6. The maximum atomic E-state index is 13.7. The predicted octanol–water partition coefficient (Wildman–Crippen LogP) is 4.26. The van der Waals surface area contributed by atoms with Gasteiger partial charge in [-0.15, -0.1) is 0 Å². The minimum atomic E-state index is -3.67. The molecule has 0 aromatic heterocycles. The second-order valence-electron chi connectivity index (χ2n) is 6.31. The lowest BCUT2D eigenvalue weighted by molar-refractivity contribution is -0.119. The van der Waals surface area contributed by atoms with Crippen molar-refractivity contribution in [3.63, 3.8) is 0 Å². The van der Waals surface area contributed by atoms with Crippen LogP contribution in [-0.4, -0.2) is 39.4 Å². The quantitative estimate of drug-likeness (QED) is 0.546. The van der Waals surface area contributed by atoms with Gasteiger partial charge in [0.1, 0.15) is 12.4 Å². The van der Waals surface area contributed by atoms with Gasteiger partial charge in [0.05, 0.1) is 11.9 Å². The third-order valence-corrected chi connectivity index (χ3v) is 6.90. The number of benzene rings is 2. The van der Waals surface area contributed by atoms with Crippen molar-refractivity contribution < 1.29 is 17.6 Å². The molecular formula is C19H21Cl2FN2O3S2. The monoisotopic (exact) mass is 478 g/mol. The summed E-state index contributed by atoms with van der Waals surface area (Å²) in [5.41, 5.74) is 1.55. The molecule has 0 spiro atoms. The molecule has 29 heavy (non-hydrogen) atoms. The minimum absolute atomic E-state index is 0.307. The number of carbonyl (C=O) groups excluding carboxylic acids is 1. The highest BCUT2D eigenvalue weighted by Crippen LogP contribution is 2.25. The van der Waals surface area contributed by atoms with Gasteiger partial charge in [-0.25, -0.2) is 12.8 Å². The zero-order valence-corrected chi connectivity index (χ0v) is 19.1. The zero-order valence-electron chi connectivity index (χ0n) is 15.9. The number of nitrogens with zero attached hydrogens (tertiary/aromatic N) is 1. The first-order valence-corrected chi connectivity index (χ1v) is 12.4. The number of sulfonamides is 1. The highest BCUT2D eigenvalue weighted by Gasteiger charge is 2.21. The molecule has 0 saturated carbocycles. The molecule has 0 atom stereocenters. The van der Waals surface area contributed by atoms with Crippen LogP contribution in [0.5, 0.6) is 0 Å². The molecule has 0 aliphatic heterocycles. The number of carbonyl (C=O) groups is 1. The van der Waals surface area contributed by atoms with Crippen molar-refractivity contribution in [3.8, 4) is 0 Å². The van der Waals surface area contributed by atoms with Gasteiger partial charge in [0.25, 0.3) is 0 Å². The Morgan fingerprint density at radius 3 is 2.55 bits per heavy atom. The highest BCUT2D eigenvalue weighted by atomic mass is 35.5. The fourth-order valence-electron chi connectivity index (χ4n) is 2.43. The van der Waals surface area contributed by atoms with Crippen LogP contribution in [0.2, 0.25) is 10.0 Å². The largest absolute Gasteiger partial charge is 0.354 e. The van der Waals surface area contributed by atoms with E-state index in [9.17, 15) is 17.6 Å². The van der Waals surface area contributed by atoms with E-state index in [1.165, 1.54) is 23.9 Å². The smallest absolute Gasteiger partial charge is 0.240 e. The van der Waals surface area contributed by atoms with E-state index >= 15 is 0 Å². The first kappa shape index (κ1) is 23.8. The van der Waals surface area contributed by atoms with E-state index in [0.29, 0.717) is 39.3 Å². The lowest BCUT2D eigenvalue weighted by Gasteiger charge is -2.22. The second-order valence-corrected chi connectivity index (χ2v) is 10.1. The van der Waals surface area contributed by atoms with Crippen LogP contribution in [0.3, 0.4) is 0 Å². The second kappa shape index (κ2) is 10.5. The molecule has 1 amide bonds. The molecule has 0 radical (unpaired) electrons. The molecule has 2 aromatic rings. The number of hydrogen-bond donors (Lipinski definition) is 1. The summed E-state index contributed by atoms with van der Waals surface area (Å²) in [6.07, 6.45) is 1.03. The first-order valence-electron chi connectivity index (χ1n) is 8.61.